The van der Waals surface area contributed by atoms with E-state index in [9.17, 15) is 4.79 Å². The molecule has 0 saturated heterocycles. The van der Waals surface area contributed by atoms with Gasteiger partial charge in [0.2, 0.25) is 0 Å². The molecule has 2 N–H and O–H groups in total. The predicted octanol–water partition coefficient (Wildman–Crippen LogP) is 1.26. The summed E-state index contributed by atoms with van der Waals surface area (Å²) in [5.74, 6) is 0.582. The lowest BCUT2D eigenvalue weighted by Crippen LogP contribution is -2.22. The van der Waals surface area contributed by atoms with E-state index in [-0.39, 0.29) is 12.4 Å². The topological polar surface area (TPSA) is 52.3 Å². The summed E-state index contributed by atoms with van der Waals surface area (Å²) in [5, 5.41) is 0. The van der Waals surface area contributed by atoms with E-state index < -0.39 is 0 Å². The van der Waals surface area contributed by atoms with Crippen LogP contribution in [0.4, 0.5) is 0 Å². The minimum Gasteiger partial charge on any atom is -0.372 e. The molecule has 16 heavy (non-hydrogen) atoms. The molecule has 1 unspecified atom stereocenters. The van der Waals surface area contributed by atoms with Crippen molar-refractivity contribution in [1.82, 2.24) is 0 Å². The SMILES string of the molecule is NCCOCC(=O)CC1Cc2ccccc21. The molecule has 1 aliphatic rings. The smallest absolute Gasteiger partial charge is 0.159 e. The molecule has 1 aliphatic carbocycles. The largest absolute Gasteiger partial charge is 0.372 e. The van der Waals surface area contributed by atoms with Crippen LogP contribution in [0.5, 0.6) is 0 Å². The van der Waals surface area contributed by atoms with Gasteiger partial charge in [-0.1, -0.05) is 24.3 Å². The summed E-state index contributed by atoms with van der Waals surface area (Å²) in [5.41, 5.74) is 7.99. The highest BCUT2D eigenvalue weighted by Gasteiger charge is 2.27. The molecule has 0 aliphatic heterocycles. The zero-order chi connectivity index (χ0) is 11.4. The van der Waals surface area contributed by atoms with Gasteiger partial charge in [-0.15, -0.1) is 0 Å². The molecule has 3 heteroatoms. The molecule has 2 rings (SSSR count). The molecular formula is C13H17NO2. The van der Waals surface area contributed by atoms with E-state index in [1.54, 1.807) is 0 Å². The fraction of sp³-hybridized carbons (Fsp3) is 0.462. The first-order valence-corrected chi connectivity index (χ1v) is 5.68. The summed E-state index contributed by atoms with van der Waals surface area (Å²) < 4.78 is 5.13. The molecule has 1 atom stereocenters. The Morgan fingerprint density at radius 2 is 2.25 bits per heavy atom. The van der Waals surface area contributed by atoms with Crippen LogP contribution < -0.4 is 5.73 Å². The Hall–Kier alpha value is -1.19. The van der Waals surface area contributed by atoms with Crippen molar-refractivity contribution in [2.75, 3.05) is 19.8 Å². The fourth-order valence-corrected chi connectivity index (χ4v) is 2.15. The molecular weight excluding hydrogens is 202 g/mol. The fourth-order valence-electron chi connectivity index (χ4n) is 2.15. The van der Waals surface area contributed by atoms with E-state index in [1.807, 2.05) is 12.1 Å². The summed E-state index contributed by atoms with van der Waals surface area (Å²) in [7, 11) is 0. The molecule has 0 saturated carbocycles. The van der Waals surface area contributed by atoms with Crippen LogP contribution in [0, 0.1) is 0 Å². The molecule has 0 aromatic heterocycles. The molecule has 86 valence electrons. The monoisotopic (exact) mass is 219 g/mol. The zero-order valence-corrected chi connectivity index (χ0v) is 9.32. The van der Waals surface area contributed by atoms with Crippen molar-refractivity contribution < 1.29 is 9.53 Å². The Labute approximate surface area is 95.6 Å². The molecule has 0 spiro atoms. The highest BCUT2D eigenvalue weighted by atomic mass is 16.5. The molecule has 0 fully saturated rings. The number of ether oxygens (including phenoxy) is 1. The average Bonchev–Trinajstić information content (AvgIpc) is 2.26. The minimum absolute atomic E-state index is 0.174. The lowest BCUT2D eigenvalue weighted by atomic mass is 9.75. The standard InChI is InChI=1S/C13H17NO2/c14-5-6-16-9-12(15)8-11-7-10-3-1-2-4-13(10)11/h1-4,11H,5-9,14H2. The molecule has 1 aromatic carbocycles. The Bertz CT molecular complexity index is 376. The van der Waals surface area contributed by atoms with Crippen molar-refractivity contribution in [3.63, 3.8) is 0 Å². The average molecular weight is 219 g/mol. The highest BCUT2D eigenvalue weighted by Crippen LogP contribution is 2.37. The van der Waals surface area contributed by atoms with Crippen LogP contribution >= 0.6 is 0 Å². The van der Waals surface area contributed by atoms with Gasteiger partial charge >= 0.3 is 0 Å². The lowest BCUT2D eigenvalue weighted by molar-refractivity contribution is -0.124. The number of ketones is 1. The summed E-state index contributed by atoms with van der Waals surface area (Å²) in [6.07, 6.45) is 1.63. The molecule has 0 heterocycles. The highest BCUT2D eigenvalue weighted by molar-refractivity contribution is 5.81. The number of hydrogen-bond acceptors (Lipinski definition) is 3. The van der Waals surface area contributed by atoms with Gasteiger partial charge in [0.25, 0.3) is 0 Å². The van der Waals surface area contributed by atoms with E-state index in [2.05, 4.69) is 12.1 Å². The van der Waals surface area contributed by atoms with Gasteiger partial charge in [0, 0.05) is 13.0 Å². The number of nitrogens with two attached hydrogens (primary N) is 1. The Morgan fingerprint density at radius 1 is 1.44 bits per heavy atom. The molecule has 0 radical (unpaired) electrons. The van der Waals surface area contributed by atoms with E-state index in [1.165, 1.54) is 11.1 Å². The Kier molecular flexibility index (Phi) is 3.70. The van der Waals surface area contributed by atoms with Crippen LogP contribution in [0.15, 0.2) is 24.3 Å². The quantitative estimate of drug-likeness (QED) is 0.733. The van der Waals surface area contributed by atoms with Gasteiger partial charge in [0.1, 0.15) is 6.61 Å². The third-order valence-corrected chi connectivity index (χ3v) is 2.96. The number of rotatable bonds is 6. The van der Waals surface area contributed by atoms with Crippen LogP contribution in [0.2, 0.25) is 0 Å². The molecule has 0 bridgehead atoms. The summed E-state index contributed by atoms with van der Waals surface area (Å²) in [6, 6.07) is 8.31. The number of fused-ring (bicyclic) bond motifs is 1. The summed E-state index contributed by atoms with van der Waals surface area (Å²) in [4.78, 5) is 11.6. The van der Waals surface area contributed by atoms with Crippen LogP contribution in [0.25, 0.3) is 0 Å². The van der Waals surface area contributed by atoms with Gasteiger partial charge in [-0.25, -0.2) is 0 Å². The zero-order valence-electron chi connectivity index (χ0n) is 9.32. The van der Waals surface area contributed by atoms with E-state index in [0.29, 0.717) is 25.5 Å². The second-order valence-corrected chi connectivity index (χ2v) is 4.18. The number of carbonyl (C=O) groups excluding carboxylic acids is 1. The van der Waals surface area contributed by atoms with Gasteiger partial charge in [-0.3, -0.25) is 4.79 Å². The van der Waals surface area contributed by atoms with Crippen LogP contribution in [-0.4, -0.2) is 25.5 Å². The van der Waals surface area contributed by atoms with Crippen molar-refractivity contribution in [3.05, 3.63) is 35.4 Å². The van der Waals surface area contributed by atoms with Gasteiger partial charge in [0.15, 0.2) is 5.78 Å². The minimum atomic E-state index is 0.174. The van der Waals surface area contributed by atoms with Crippen molar-refractivity contribution in [3.8, 4) is 0 Å². The summed E-state index contributed by atoms with van der Waals surface area (Å²) in [6.45, 7) is 1.14. The van der Waals surface area contributed by atoms with Gasteiger partial charge in [-0.05, 0) is 23.5 Å². The van der Waals surface area contributed by atoms with Gasteiger partial charge < -0.3 is 10.5 Å². The summed E-state index contributed by atoms with van der Waals surface area (Å²) >= 11 is 0. The first-order chi connectivity index (χ1) is 7.81. The third kappa shape index (κ3) is 2.49. The van der Waals surface area contributed by atoms with Crippen molar-refractivity contribution >= 4 is 5.78 Å². The first kappa shape index (κ1) is 11.3. The second kappa shape index (κ2) is 5.23. The predicted molar refractivity (Wildman–Crippen MR) is 62.4 cm³/mol. The Morgan fingerprint density at radius 3 is 3.00 bits per heavy atom. The van der Waals surface area contributed by atoms with Crippen molar-refractivity contribution in [1.29, 1.82) is 0 Å². The molecule has 3 nitrogen and oxygen atoms in total. The normalized spacial score (nSPS) is 17.7. The van der Waals surface area contributed by atoms with Crippen LogP contribution in [-0.2, 0) is 16.0 Å². The first-order valence-electron chi connectivity index (χ1n) is 5.68. The second-order valence-electron chi connectivity index (χ2n) is 4.18. The lowest BCUT2D eigenvalue weighted by Gasteiger charge is -2.29. The Balaban J connectivity index is 1.78. The third-order valence-electron chi connectivity index (χ3n) is 2.96. The maximum Gasteiger partial charge on any atom is 0.159 e. The van der Waals surface area contributed by atoms with Crippen LogP contribution in [0.3, 0.4) is 0 Å². The maximum absolute atomic E-state index is 11.6. The number of Topliss-reactive ketones (excluding diaryl/α,β-unsaturated/α-hetero) is 1. The molecule has 1 aromatic rings. The number of benzene rings is 1. The van der Waals surface area contributed by atoms with Gasteiger partial charge in [0.05, 0.1) is 6.61 Å². The maximum atomic E-state index is 11.6. The number of carbonyl (C=O) groups is 1. The number of hydrogen-bond donors (Lipinski definition) is 1. The van der Waals surface area contributed by atoms with Crippen LogP contribution in [0.1, 0.15) is 23.5 Å². The van der Waals surface area contributed by atoms with Crippen molar-refractivity contribution in [2.45, 2.75) is 18.8 Å². The van der Waals surface area contributed by atoms with E-state index >= 15 is 0 Å². The van der Waals surface area contributed by atoms with E-state index in [0.717, 1.165) is 6.42 Å². The molecule has 0 amide bonds. The van der Waals surface area contributed by atoms with Crippen molar-refractivity contribution in [2.24, 2.45) is 5.73 Å². The van der Waals surface area contributed by atoms with Gasteiger partial charge in [-0.2, -0.15) is 0 Å². The van der Waals surface area contributed by atoms with E-state index in [4.69, 9.17) is 10.5 Å².